The van der Waals surface area contributed by atoms with Crippen LogP contribution in [0.15, 0.2) is 10.8 Å². The summed E-state index contributed by atoms with van der Waals surface area (Å²) in [6, 6.07) is 0. The summed E-state index contributed by atoms with van der Waals surface area (Å²) in [7, 11) is 1.18. The Balaban J connectivity index is 3.47. The van der Waals surface area contributed by atoms with Crippen molar-refractivity contribution in [1.82, 2.24) is 4.98 Å². The zero-order chi connectivity index (χ0) is 11.6. The van der Waals surface area contributed by atoms with Gasteiger partial charge in [0.25, 0.3) is 11.7 Å². The van der Waals surface area contributed by atoms with Crippen molar-refractivity contribution in [1.29, 1.82) is 0 Å². The van der Waals surface area contributed by atoms with E-state index in [1.807, 2.05) is 0 Å². The Labute approximate surface area is 97.5 Å². The lowest BCUT2D eigenvalue weighted by Crippen LogP contribution is -2.03. The number of aromatic nitrogens is 1. The van der Waals surface area contributed by atoms with Crippen LogP contribution in [0.2, 0.25) is 0 Å². The van der Waals surface area contributed by atoms with Crippen molar-refractivity contribution in [2.24, 2.45) is 0 Å². The van der Waals surface area contributed by atoms with E-state index in [1.165, 1.54) is 7.11 Å². The van der Waals surface area contributed by atoms with Crippen molar-refractivity contribution in [3.05, 3.63) is 21.9 Å². The highest BCUT2D eigenvalue weighted by molar-refractivity contribution is 9.10. The second-order valence-electron chi connectivity index (χ2n) is 2.49. The minimum absolute atomic E-state index is 0.0729. The molecule has 1 heterocycles. The monoisotopic (exact) mass is 299 g/mol. The van der Waals surface area contributed by atoms with Gasteiger partial charge in [-0.2, -0.15) is 0 Å². The SMILES string of the molecule is COc1c(C(F)F)cnc(Br)c1C(=O)Cl. The van der Waals surface area contributed by atoms with E-state index in [4.69, 9.17) is 16.3 Å². The lowest BCUT2D eigenvalue weighted by Gasteiger charge is -2.11. The average Bonchev–Trinajstić information content (AvgIpc) is 2.15. The van der Waals surface area contributed by atoms with E-state index in [-0.39, 0.29) is 15.9 Å². The van der Waals surface area contributed by atoms with Crippen molar-refractivity contribution in [3.63, 3.8) is 0 Å². The van der Waals surface area contributed by atoms with Crippen molar-refractivity contribution in [2.75, 3.05) is 7.11 Å². The summed E-state index contributed by atoms with van der Waals surface area (Å²) >= 11 is 8.17. The molecule has 0 aromatic carbocycles. The molecule has 1 aromatic heterocycles. The standard InChI is InChI=1S/C8H5BrClF2NO2/c1-15-5-3(8(11)12)2-13-6(9)4(5)7(10)14/h2,8H,1H3. The zero-order valence-electron chi connectivity index (χ0n) is 7.43. The molecule has 0 radical (unpaired) electrons. The lowest BCUT2D eigenvalue weighted by atomic mass is 10.2. The molecule has 0 bridgehead atoms. The van der Waals surface area contributed by atoms with Gasteiger partial charge in [0.2, 0.25) is 0 Å². The molecule has 0 aliphatic carbocycles. The van der Waals surface area contributed by atoms with Crippen LogP contribution < -0.4 is 4.74 Å². The molecule has 1 rings (SSSR count). The predicted molar refractivity (Wildman–Crippen MR) is 53.6 cm³/mol. The van der Waals surface area contributed by atoms with E-state index in [2.05, 4.69) is 20.9 Å². The molecule has 0 amide bonds. The number of hydrogen-bond acceptors (Lipinski definition) is 3. The Hall–Kier alpha value is -0.750. The highest BCUT2D eigenvalue weighted by Crippen LogP contribution is 2.35. The molecule has 0 aliphatic heterocycles. The Morgan fingerprint density at radius 1 is 1.67 bits per heavy atom. The summed E-state index contributed by atoms with van der Waals surface area (Å²) in [5, 5.41) is -0.909. The summed E-state index contributed by atoms with van der Waals surface area (Å²) in [6.45, 7) is 0. The molecule has 7 heteroatoms. The number of ether oxygens (including phenoxy) is 1. The second-order valence-corrected chi connectivity index (χ2v) is 3.58. The molecule has 0 spiro atoms. The molecular weight excluding hydrogens is 295 g/mol. The molecule has 0 unspecified atom stereocenters. The molecule has 0 N–H and O–H groups in total. The van der Waals surface area contributed by atoms with Crippen molar-refractivity contribution in [3.8, 4) is 5.75 Å². The van der Waals surface area contributed by atoms with Gasteiger partial charge in [0.05, 0.1) is 12.7 Å². The highest BCUT2D eigenvalue weighted by Gasteiger charge is 2.23. The van der Waals surface area contributed by atoms with E-state index in [0.717, 1.165) is 6.20 Å². The van der Waals surface area contributed by atoms with Gasteiger partial charge in [-0.25, -0.2) is 13.8 Å². The van der Waals surface area contributed by atoms with Gasteiger partial charge < -0.3 is 4.74 Å². The number of pyridine rings is 1. The normalized spacial score (nSPS) is 10.5. The van der Waals surface area contributed by atoms with Crippen LogP contribution in [0, 0.1) is 0 Å². The third-order valence-electron chi connectivity index (χ3n) is 1.65. The van der Waals surface area contributed by atoms with E-state index in [0.29, 0.717) is 0 Å². The molecule has 0 saturated carbocycles. The van der Waals surface area contributed by atoms with E-state index in [9.17, 15) is 13.6 Å². The van der Waals surface area contributed by atoms with E-state index < -0.39 is 17.2 Å². The Morgan fingerprint density at radius 2 is 2.27 bits per heavy atom. The first-order valence-corrected chi connectivity index (χ1v) is 4.86. The van der Waals surface area contributed by atoms with Crippen LogP contribution in [0.1, 0.15) is 22.3 Å². The zero-order valence-corrected chi connectivity index (χ0v) is 9.77. The maximum absolute atomic E-state index is 12.5. The number of carbonyl (C=O) groups excluding carboxylic acids is 1. The number of methoxy groups -OCH3 is 1. The molecule has 1 aromatic rings. The van der Waals surface area contributed by atoms with Crippen LogP contribution >= 0.6 is 27.5 Å². The molecule has 3 nitrogen and oxygen atoms in total. The maximum atomic E-state index is 12.5. The number of hydrogen-bond donors (Lipinski definition) is 0. The van der Waals surface area contributed by atoms with Crippen molar-refractivity contribution >= 4 is 32.8 Å². The fraction of sp³-hybridized carbons (Fsp3) is 0.250. The van der Waals surface area contributed by atoms with Crippen LogP contribution in [0.25, 0.3) is 0 Å². The Bertz CT molecular complexity index is 400. The fourth-order valence-electron chi connectivity index (χ4n) is 1.03. The maximum Gasteiger partial charge on any atom is 0.268 e. The van der Waals surface area contributed by atoms with E-state index >= 15 is 0 Å². The number of rotatable bonds is 3. The summed E-state index contributed by atoms with van der Waals surface area (Å²) in [5.41, 5.74) is -0.665. The quantitative estimate of drug-likeness (QED) is 0.636. The lowest BCUT2D eigenvalue weighted by molar-refractivity contribution is 0.107. The van der Waals surface area contributed by atoms with Gasteiger partial charge in [0.1, 0.15) is 15.9 Å². The van der Waals surface area contributed by atoms with Crippen molar-refractivity contribution in [2.45, 2.75) is 6.43 Å². The van der Waals surface area contributed by atoms with Gasteiger partial charge in [0, 0.05) is 6.20 Å². The summed E-state index contributed by atoms with van der Waals surface area (Å²) in [5.74, 6) is -0.258. The number of nitrogens with zero attached hydrogens (tertiary/aromatic N) is 1. The number of alkyl halides is 2. The van der Waals surface area contributed by atoms with Crippen LogP contribution in [-0.2, 0) is 0 Å². The van der Waals surface area contributed by atoms with Gasteiger partial charge in [-0.05, 0) is 27.5 Å². The fourth-order valence-corrected chi connectivity index (χ4v) is 1.79. The van der Waals surface area contributed by atoms with Gasteiger partial charge in [-0.1, -0.05) is 0 Å². The van der Waals surface area contributed by atoms with Gasteiger partial charge in [-0.15, -0.1) is 0 Å². The molecular formula is C8H5BrClF2NO2. The molecule has 0 atom stereocenters. The number of halogens is 4. The minimum Gasteiger partial charge on any atom is -0.495 e. The Kier molecular flexibility index (Phi) is 3.98. The first kappa shape index (κ1) is 12.3. The minimum atomic E-state index is -2.78. The summed E-state index contributed by atoms with van der Waals surface area (Å²) < 4.78 is 29.8. The van der Waals surface area contributed by atoms with Crippen LogP contribution in [0.5, 0.6) is 5.75 Å². The topological polar surface area (TPSA) is 39.2 Å². The van der Waals surface area contributed by atoms with Crippen molar-refractivity contribution < 1.29 is 18.3 Å². The molecule has 0 saturated heterocycles. The third kappa shape index (κ3) is 2.43. The second kappa shape index (κ2) is 4.85. The molecule has 0 aliphatic rings. The average molecular weight is 300 g/mol. The molecule has 0 fully saturated rings. The van der Waals surface area contributed by atoms with Gasteiger partial charge in [0.15, 0.2) is 0 Å². The summed E-state index contributed by atoms with van der Waals surface area (Å²) in [6.07, 6.45) is -1.85. The third-order valence-corrected chi connectivity index (χ3v) is 2.44. The van der Waals surface area contributed by atoms with Crippen LogP contribution in [0.3, 0.4) is 0 Å². The Morgan fingerprint density at radius 3 is 2.67 bits per heavy atom. The molecule has 82 valence electrons. The summed E-state index contributed by atoms with van der Waals surface area (Å²) in [4.78, 5) is 14.6. The van der Waals surface area contributed by atoms with Crippen LogP contribution in [-0.4, -0.2) is 17.3 Å². The van der Waals surface area contributed by atoms with E-state index in [1.54, 1.807) is 0 Å². The number of carbonyl (C=O) groups is 1. The smallest absolute Gasteiger partial charge is 0.268 e. The van der Waals surface area contributed by atoms with Gasteiger partial charge >= 0.3 is 0 Å². The first-order valence-electron chi connectivity index (χ1n) is 3.69. The molecule has 15 heavy (non-hydrogen) atoms. The first-order chi connectivity index (χ1) is 6.99. The largest absolute Gasteiger partial charge is 0.495 e. The van der Waals surface area contributed by atoms with Gasteiger partial charge in [-0.3, -0.25) is 4.79 Å². The highest BCUT2D eigenvalue weighted by atomic mass is 79.9. The van der Waals surface area contributed by atoms with Crippen LogP contribution in [0.4, 0.5) is 8.78 Å². The predicted octanol–water partition coefficient (Wildman–Crippen LogP) is 3.17.